The van der Waals surface area contributed by atoms with E-state index in [4.69, 9.17) is 5.11 Å². The van der Waals surface area contributed by atoms with Crippen LogP contribution in [0.15, 0.2) is 42.5 Å². The largest absolute Gasteiger partial charge is 0.481 e. The van der Waals surface area contributed by atoms with Crippen molar-refractivity contribution in [2.24, 2.45) is 0 Å². The number of amides is 2. The summed E-state index contributed by atoms with van der Waals surface area (Å²) >= 11 is 0. The average molecular weight is 446 g/mol. The number of alkyl halides is 4. The second kappa shape index (κ2) is 10.1. The van der Waals surface area contributed by atoms with Crippen LogP contribution in [0.2, 0.25) is 0 Å². The Morgan fingerprint density at radius 3 is 2.48 bits per heavy atom. The number of rotatable bonds is 11. The second-order valence-corrected chi connectivity index (χ2v) is 7.60. The number of aliphatic hydroxyl groups excluding tert-OH is 1. The van der Waals surface area contributed by atoms with Crippen LogP contribution in [-0.2, 0) is 10.7 Å². The van der Waals surface area contributed by atoms with E-state index < -0.39 is 55.3 Å². The molecule has 0 saturated carbocycles. The Balaban J connectivity index is 1.99. The van der Waals surface area contributed by atoms with Gasteiger partial charge in [0, 0.05) is 38.5 Å². The molecule has 1 unspecified atom stereocenters. The molecule has 0 bridgehead atoms. The first-order valence-corrected chi connectivity index (χ1v) is 9.85. The SMILES string of the molecule is CN1C[C@H](/C=C/C(O)C(F)(F)c2ccccc2)N(CCCC(F)(F)CCC(=O)O)C1=O. The van der Waals surface area contributed by atoms with Crippen molar-refractivity contribution < 1.29 is 37.4 Å². The predicted octanol–water partition coefficient (Wildman–Crippen LogP) is 3.71. The summed E-state index contributed by atoms with van der Waals surface area (Å²) in [5, 5.41) is 18.5. The van der Waals surface area contributed by atoms with Crippen LogP contribution < -0.4 is 0 Å². The highest BCUT2D eigenvalue weighted by atomic mass is 19.3. The minimum Gasteiger partial charge on any atom is -0.481 e. The average Bonchev–Trinajstić information content (AvgIpc) is 2.98. The Kier molecular flexibility index (Phi) is 8.05. The molecule has 172 valence electrons. The third kappa shape index (κ3) is 6.68. The van der Waals surface area contributed by atoms with E-state index in [1.807, 2.05) is 0 Å². The zero-order chi connectivity index (χ0) is 23.2. The summed E-state index contributed by atoms with van der Waals surface area (Å²) in [6, 6.07) is 5.72. The Hall–Kier alpha value is -2.62. The molecule has 0 aliphatic carbocycles. The Labute approximate surface area is 177 Å². The first-order valence-electron chi connectivity index (χ1n) is 9.85. The number of hydrogen-bond donors (Lipinski definition) is 2. The molecule has 31 heavy (non-hydrogen) atoms. The number of benzene rings is 1. The van der Waals surface area contributed by atoms with Gasteiger partial charge in [-0.3, -0.25) is 4.79 Å². The van der Waals surface area contributed by atoms with E-state index in [1.165, 1.54) is 47.2 Å². The first-order chi connectivity index (χ1) is 14.4. The maximum atomic E-state index is 14.4. The molecule has 0 spiro atoms. The van der Waals surface area contributed by atoms with Crippen LogP contribution in [0, 0.1) is 0 Å². The Bertz CT molecular complexity index is 789. The zero-order valence-electron chi connectivity index (χ0n) is 17.1. The standard InChI is InChI=1S/C21H26F4N2O4/c1-26-14-16(8-9-17(28)21(24,25)15-6-3-2-4-7-15)27(19(26)31)13-5-11-20(22,23)12-10-18(29)30/h2-4,6-9,16-17,28H,5,10-14H2,1H3,(H,29,30)/b9-8+/t16-,17?/m0/s1. The molecule has 2 amide bonds. The van der Waals surface area contributed by atoms with Gasteiger partial charge in [0.25, 0.3) is 0 Å². The van der Waals surface area contributed by atoms with Gasteiger partial charge in [-0.15, -0.1) is 0 Å². The first kappa shape index (κ1) is 24.6. The molecule has 1 aromatic carbocycles. The number of carboxylic acids is 1. The molecular weight excluding hydrogens is 420 g/mol. The number of carbonyl (C=O) groups excluding carboxylic acids is 1. The molecule has 1 saturated heterocycles. The van der Waals surface area contributed by atoms with E-state index in [-0.39, 0.29) is 25.1 Å². The summed E-state index contributed by atoms with van der Waals surface area (Å²) < 4.78 is 56.4. The van der Waals surface area contributed by atoms with Gasteiger partial charge in [-0.25, -0.2) is 13.6 Å². The highest BCUT2D eigenvalue weighted by molar-refractivity contribution is 5.77. The van der Waals surface area contributed by atoms with Crippen molar-refractivity contribution >= 4 is 12.0 Å². The monoisotopic (exact) mass is 446 g/mol. The highest BCUT2D eigenvalue weighted by Gasteiger charge is 2.40. The Morgan fingerprint density at radius 1 is 1.23 bits per heavy atom. The van der Waals surface area contributed by atoms with Gasteiger partial charge in [0.15, 0.2) is 0 Å². The molecule has 1 aromatic rings. The molecule has 10 heteroatoms. The van der Waals surface area contributed by atoms with Gasteiger partial charge in [-0.1, -0.05) is 42.5 Å². The van der Waals surface area contributed by atoms with E-state index in [2.05, 4.69) is 0 Å². The Morgan fingerprint density at radius 2 is 1.87 bits per heavy atom. The van der Waals surface area contributed by atoms with Crippen LogP contribution in [0.25, 0.3) is 0 Å². The van der Waals surface area contributed by atoms with Crippen LogP contribution in [0.1, 0.15) is 31.2 Å². The maximum absolute atomic E-state index is 14.4. The molecule has 1 aliphatic rings. The zero-order valence-corrected chi connectivity index (χ0v) is 17.1. The number of halogens is 4. The second-order valence-electron chi connectivity index (χ2n) is 7.60. The van der Waals surface area contributed by atoms with Gasteiger partial charge >= 0.3 is 17.9 Å². The molecule has 1 heterocycles. The lowest BCUT2D eigenvalue weighted by atomic mass is 10.0. The van der Waals surface area contributed by atoms with Gasteiger partial charge in [0.1, 0.15) is 6.10 Å². The quantitative estimate of drug-likeness (QED) is 0.401. The molecule has 2 atom stereocenters. The third-order valence-corrected chi connectivity index (χ3v) is 5.13. The van der Waals surface area contributed by atoms with Crippen molar-refractivity contribution in [3.05, 3.63) is 48.0 Å². The van der Waals surface area contributed by atoms with Crippen LogP contribution in [0.5, 0.6) is 0 Å². The summed E-state index contributed by atoms with van der Waals surface area (Å²) in [6.07, 6.45) is -2.06. The van der Waals surface area contributed by atoms with Gasteiger partial charge in [0.2, 0.25) is 5.92 Å². The topological polar surface area (TPSA) is 81.1 Å². The summed E-state index contributed by atoms with van der Waals surface area (Å²) in [5.74, 6) is -8.03. The van der Waals surface area contributed by atoms with Crippen molar-refractivity contribution in [2.45, 2.75) is 49.7 Å². The number of carboxylic acid groups (broad SMARTS) is 1. The fourth-order valence-corrected chi connectivity index (χ4v) is 3.35. The van der Waals surface area contributed by atoms with E-state index >= 15 is 0 Å². The number of urea groups is 1. The van der Waals surface area contributed by atoms with Crippen molar-refractivity contribution in [3.63, 3.8) is 0 Å². The van der Waals surface area contributed by atoms with E-state index in [1.54, 1.807) is 6.07 Å². The molecule has 2 N–H and O–H groups in total. The fourth-order valence-electron chi connectivity index (χ4n) is 3.35. The predicted molar refractivity (Wildman–Crippen MR) is 105 cm³/mol. The molecule has 2 rings (SSSR count). The van der Waals surface area contributed by atoms with Crippen LogP contribution in [0.3, 0.4) is 0 Å². The van der Waals surface area contributed by atoms with Crippen molar-refractivity contribution in [1.82, 2.24) is 9.80 Å². The van der Waals surface area contributed by atoms with Crippen LogP contribution in [0.4, 0.5) is 22.4 Å². The normalized spacial score (nSPS) is 18.8. The fraction of sp³-hybridized carbons (Fsp3) is 0.524. The van der Waals surface area contributed by atoms with Crippen molar-refractivity contribution in [2.75, 3.05) is 20.1 Å². The molecular formula is C21H26F4N2O4. The van der Waals surface area contributed by atoms with Crippen molar-refractivity contribution in [3.8, 4) is 0 Å². The lowest BCUT2D eigenvalue weighted by Gasteiger charge is -2.24. The van der Waals surface area contributed by atoms with Gasteiger partial charge < -0.3 is 20.0 Å². The molecule has 1 fully saturated rings. The highest BCUT2D eigenvalue weighted by Crippen LogP contribution is 2.33. The molecule has 0 radical (unpaired) electrons. The third-order valence-electron chi connectivity index (χ3n) is 5.13. The van der Waals surface area contributed by atoms with Gasteiger partial charge in [0.05, 0.1) is 12.5 Å². The van der Waals surface area contributed by atoms with Crippen LogP contribution >= 0.6 is 0 Å². The number of carbonyl (C=O) groups is 2. The number of hydrogen-bond acceptors (Lipinski definition) is 3. The van der Waals surface area contributed by atoms with E-state index in [0.717, 1.165) is 6.08 Å². The summed E-state index contributed by atoms with van der Waals surface area (Å²) in [5.41, 5.74) is -0.354. The van der Waals surface area contributed by atoms with E-state index in [0.29, 0.717) is 0 Å². The minimum atomic E-state index is -3.54. The lowest BCUT2D eigenvalue weighted by molar-refractivity contribution is -0.139. The number of aliphatic hydroxyl groups is 1. The number of nitrogens with zero attached hydrogens (tertiary/aromatic N) is 2. The lowest BCUT2D eigenvalue weighted by Crippen LogP contribution is -2.36. The molecule has 6 nitrogen and oxygen atoms in total. The number of likely N-dealkylation sites (N-methyl/N-ethyl adjacent to an activating group) is 1. The maximum Gasteiger partial charge on any atom is 0.320 e. The molecule has 1 aliphatic heterocycles. The van der Waals surface area contributed by atoms with Crippen LogP contribution in [-0.4, -0.2) is 70.2 Å². The summed E-state index contributed by atoms with van der Waals surface area (Å²) in [4.78, 5) is 25.4. The summed E-state index contributed by atoms with van der Waals surface area (Å²) in [6.45, 7) is 0.111. The minimum absolute atomic E-state index is 0.0496. The van der Waals surface area contributed by atoms with E-state index in [9.17, 15) is 32.3 Å². The smallest absolute Gasteiger partial charge is 0.320 e. The van der Waals surface area contributed by atoms with Crippen molar-refractivity contribution in [1.29, 1.82) is 0 Å². The number of aliphatic carboxylic acids is 1. The molecule has 0 aromatic heterocycles. The van der Waals surface area contributed by atoms with Gasteiger partial charge in [-0.05, 0) is 6.42 Å². The summed E-state index contributed by atoms with van der Waals surface area (Å²) in [7, 11) is 1.50. The van der Waals surface area contributed by atoms with Gasteiger partial charge in [-0.2, -0.15) is 8.78 Å².